The molecule has 7 heteroatoms. The standard InChI is InChI=1S/C20H17ClN2O4/c21-15-8-4-5-9-16(15)23-18(24)13-26-20(25)11-10-19-22-12-17(27-19)14-6-2-1-3-7-14/h1-9,12H,10-11,13H2,(H,23,24). The van der Waals surface area contributed by atoms with Crippen molar-refractivity contribution in [2.75, 3.05) is 11.9 Å². The van der Waals surface area contributed by atoms with E-state index in [1.54, 1.807) is 30.5 Å². The first-order chi connectivity index (χ1) is 13.1. The summed E-state index contributed by atoms with van der Waals surface area (Å²) in [6.45, 7) is -0.384. The van der Waals surface area contributed by atoms with Gasteiger partial charge in [0.2, 0.25) is 0 Å². The fourth-order valence-electron chi connectivity index (χ4n) is 2.34. The number of carbonyl (C=O) groups is 2. The summed E-state index contributed by atoms with van der Waals surface area (Å²) in [6, 6.07) is 16.4. The molecule has 0 saturated heterocycles. The maximum atomic E-state index is 11.8. The number of nitrogens with one attached hydrogen (secondary N) is 1. The van der Waals surface area contributed by atoms with Crippen LogP contribution in [0.15, 0.2) is 65.2 Å². The maximum Gasteiger partial charge on any atom is 0.306 e. The normalized spacial score (nSPS) is 10.4. The minimum atomic E-state index is -0.510. The smallest absolute Gasteiger partial charge is 0.306 e. The Morgan fingerprint density at radius 1 is 1.07 bits per heavy atom. The molecule has 1 amide bonds. The number of esters is 1. The molecule has 0 atom stereocenters. The number of carbonyl (C=O) groups excluding carboxylic acids is 2. The number of benzene rings is 2. The molecule has 1 N–H and O–H groups in total. The van der Waals surface area contributed by atoms with Crippen LogP contribution in [0.2, 0.25) is 5.02 Å². The fraction of sp³-hybridized carbons (Fsp3) is 0.150. The second kappa shape index (κ2) is 9.00. The molecule has 0 aliphatic carbocycles. The number of nitrogens with zero attached hydrogens (tertiary/aromatic N) is 1. The fourth-order valence-corrected chi connectivity index (χ4v) is 2.52. The Balaban J connectivity index is 1.43. The van der Waals surface area contributed by atoms with Crippen LogP contribution in [0.25, 0.3) is 11.3 Å². The molecule has 0 bridgehead atoms. The van der Waals surface area contributed by atoms with Crippen molar-refractivity contribution in [3.8, 4) is 11.3 Å². The Labute approximate surface area is 161 Å². The van der Waals surface area contributed by atoms with Crippen LogP contribution in [0.3, 0.4) is 0 Å². The predicted molar refractivity (Wildman–Crippen MR) is 101 cm³/mol. The van der Waals surface area contributed by atoms with Crippen molar-refractivity contribution >= 4 is 29.2 Å². The number of anilines is 1. The highest BCUT2D eigenvalue weighted by atomic mass is 35.5. The highest BCUT2D eigenvalue weighted by molar-refractivity contribution is 6.33. The highest BCUT2D eigenvalue weighted by Crippen LogP contribution is 2.21. The van der Waals surface area contributed by atoms with Gasteiger partial charge in [0.1, 0.15) is 0 Å². The quantitative estimate of drug-likeness (QED) is 0.620. The second-order valence-corrected chi connectivity index (χ2v) is 6.08. The zero-order chi connectivity index (χ0) is 19.1. The molecule has 0 aliphatic rings. The summed E-state index contributed by atoms with van der Waals surface area (Å²) >= 11 is 5.95. The Morgan fingerprint density at radius 2 is 1.81 bits per heavy atom. The van der Waals surface area contributed by atoms with Gasteiger partial charge in [-0.05, 0) is 12.1 Å². The first kappa shape index (κ1) is 18.7. The minimum Gasteiger partial charge on any atom is -0.456 e. The Kier molecular flexibility index (Phi) is 6.22. The number of rotatable bonds is 7. The second-order valence-electron chi connectivity index (χ2n) is 5.67. The van der Waals surface area contributed by atoms with E-state index in [1.165, 1.54) is 0 Å². The van der Waals surface area contributed by atoms with Crippen LogP contribution >= 0.6 is 11.6 Å². The molecule has 138 valence electrons. The summed E-state index contributed by atoms with van der Waals surface area (Å²) < 4.78 is 10.6. The zero-order valence-corrected chi connectivity index (χ0v) is 15.1. The Hall–Kier alpha value is -3.12. The molecular weight excluding hydrogens is 368 g/mol. The molecule has 1 aromatic heterocycles. The minimum absolute atomic E-state index is 0.0636. The zero-order valence-electron chi connectivity index (χ0n) is 14.4. The Morgan fingerprint density at radius 3 is 2.59 bits per heavy atom. The number of aromatic nitrogens is 1. The molecule has 0 radical (unpaired) electrons. The number of para-hydroxylation sites is 1. The first-order valence-electron chi connectivity index (χ1n) is 8.32. The van der Waals surface area contributed by atoms with Gasteiger partial charge in [0.05, 0.1) is 23.3 Å². The van der Waals surface area contributed by atoms with Crippen molar-refractivity contribution in [1.29, 1.82) is 0 Å². The number of amides is 1. The lowest BCUT2D eigenvalue weighted by Gasteiger charge is -2.07. The summed E-state index contributed by atoms with van der Waals surface area (Å²) in [5, 5.41) is 2.99. The summed E-state index contributed by atoms with van der Waals surface area (Å²) in [4.78, 5) is 27.8. The van der Waals surface area contributed by atoms with Crippen LogP contribution in [0, 0.1) is 0 Å². The van der Waals surface area contributed by atoms with E-state index in [1.807, 2.05) is 30.3 Å². The number of aryl methyl sites for hydroxylation is 1. The summed E-state index contributed by atoms with van der Waals surface area (Å²) in [7, 11) is 0. The molecule has 2 aromatic carbocycles. The third-order valence-electron chi connectivity index (χ3n) is 3.67. The van der Waals surface area contributed by atoms with Crippen LogP contribution in [0.4, 0.5) is 5.69 Å². The molecule has 6 nitrogen and oxygen atoms in total. The summed E-state index contributed by atoms with van der Waals surface area (Å²) in [6.07, 6.45) is 1.97. The van der Waals surface area contributed by atoms with E-state index in [2.05, 4.69) is 10.3 Å². The maximum absolute atomic E-state index is 11.8. The van der Waals surface area contributed by atoms with E-state index in [-0.39, 0.29) is 19.4 Å². The monoisotopic (exact) mass is 384 g/mol. The van der Waals surface area contributed by atoms with Gasteiger partial charge in [-0.25, -0.2) is 4.98 Å². The van der Waals surface area contributed by atoms with E-state index in [0.29, 0.717) is 22.4 Å². The third kappa shape index (κ3) is 5.43. The summed E-state index contributed by atoms with van der Waals surface area (Å²) in [5.74, 6) is 0.104. The van der Waals surface area contributed by atoms with Crippen LogP contribution in [-0.4, -0.2) is 23.5 Å². The molecule has 0 saturated carbocycles. The van der Waals surface area contributed by atoms with Gasteiger partial charge in [0, 0.05) is 12.0 Å². The molecule has 3 aromatic rings. The number of oxazole rings is 1. The molecule has 0 unspecified atom stereocenters. The van der Waals surface area contributed by atoms with Gasteiger partial charge in [0.25, 0.3) is 5.91 Å². The van der Waals surface area contributed by atoms with Crippen molar-refractivity contribution < 1.29 is 18.7 Å². The van der Waals surface area contributed by atoms with Gasteiger partial charge in [-0.15, -0.1) is 0 Å². The molecule has 1 heterocycles. The lowest BCUT2D eigenvalue weighted by atomic mass is 10.2. The SMILES string of the molecule is O=C(COC(=O)CCc1ncc(-c2ccccc2)o1)Nc1ccccc1Cl. The van der Waals surface area contributed by atoms with Gasteiger partial charge < -0.3 is 14.5 Å². The first-order valence-corrected chi connectivity index (χ1v) is 8.70. The number of ether oxygens (including phenoxy) is 1. The van der Waals surface area contributed by atoms with Crippen LogP contribution in [0.1, 0.15) is 12.3 Å². The van der Waals surface area contributed by atoms with E-state index < -0.39 is 11.9 Å². The van der Waals surface area contributed by atoms with E-state index in [4.69, 9.17) is 20.8 Å². The summed E-state index contributed by atoms with van der Waals surface area (Å²) in [5.41, 5.74) is 1.38. The Bertz CT molecular complexity index is 924. The van der Waals surface area contributed by atoms with Gasteiger partial charge >= 0.3 is 5.97 Å². The lowest BCUT2D eigenvalue weighted by molar-refractivity contribution is -0.147. The average Bonchev–Trinajstić information content (AvgIpc) is 3.16. The van der Waals surface area contributed by atoms with Crippen molar-refractivity contribution in [2.24, 2.45) is 0 Å². The van der Waals surface area contributed by atoms with Crippen molar-refractivity contribution in [1.82, 2.24) is 4.98 Å². The lowest BCUT2D eigenvalue weighted by Crippen LogP contribution is -2.21. The molecule has 0 aliphatic heterocycles. The van der Waals surface area contributed by atoms with Crippen molar-refractivity contribution in [3.05, 3.63) is 71.7 Å². The van der Waals surface area contributed by atoms with Gasteiger partial charge in [0.15, 0.2) is 18.3 Å². The third-order valence-corrected chi connectivity index (χ3v) is 4.00. The topological polar surface area (TPSA) is 81.4 Å². The van der Waals surface area contributed by atoms with E-state index in [0.717, 1.165) is 5.56 Å². The van der Waals surface area contributed by atoms with Gasteiger partial charge in [-0.3, -0.25) is 9.59 Å². The van der Waals surface area contributed by atoms with Crippen molar-refractivity contribution in [2.45, 2.75) is 12.8 Å². The molecular formula is C20H17ClN2O4. The van der Waals surface area contributed by atoms with Gasteiger partial charge in [-0.1, -0.05) is 54.1 Å². The average molecular weight is 385 g/mol. The number of hydrogen-bond donors (Lipinski definition) is 1. The molecule has 3 rings (SSSR count). The van der Waals surface area contributed by atoms with Gasteiger partial charge in [-0.2, -0.15) is 0 Å². The van der Waals surface area contributed by atoms with Crippen LogP contribution in [0.5, 0.6) is 0 Å². The number of halogens is 1. The molecule has 27 heavy (non-hydrogen) atoms. The van der Waals surface area contributed by atoms with Crippen LogP contribution < -0.4 is 5.32 Å². The van der Waals surface area contributed by atoms with E-state index >= 15 is 0 Å². The molecule has 0 fully saturated rings. The van der Waals surface area contributed by atoms with Crippen LogP contribution in [-0.2, 0) is 20.7 Å². The van der Waals surface area contributed by atoms with E-state index in [9.17, 15) is 9.59 Å². The highest BCUT2D eigenvalue weighted by Gasteiger charge is 2.12. The van der Waals surface area contributed by atoms with Crippen molar-refractivity contribution in [3.63, 3.8) is 0 Å². The number of hydrogen-bond acceptors (Lipinski definition) is 5. The predicted octanol–water partition coefficient (Wildman–Crippen LogP) is 4.11. The molecule has 0 spiro atoms. The largest absolute Gasteiger partial charge is 0.456 e.